The summed E-state index contributed by atoms with van der Waals surface area (Å²) in [5.74, 6) is 1.60. The van der Waals surface area contributed by atoms with Gasteiger partial charge in [0, 0.05) is 30.9 Å². The van der Waals surface area contributed by atoms with Crippen LogP contribution in [-0.4, -0.2) is 23.9 Å². The zero-order chi connectivity index (χ0) is 14.5. The van der Waals surface area contributed by atoms with Crippen LogP contribution in [0.3, 0.4) is 0 Å². The lowest BCUT2D eigenvalue weighted by Gasteiger charge is -2.17. The van der Waals surface area contributed by atoms with Gasteiger partial charge in [-0.1, -0.05) is 6.07 Å². The van der Waals surface area contributed by atoms with E-state index in [4.69, 9.17) is 9.47 Å². The minimum Gasteiger partial charge on any atom is -0.497 e. The molecular weight excluding hydrogens is 254 g/mol. The van der Waals surface area contributed by atoms with Gasteiger partial charge >= 0.3 is 0 Å². The molecule has 0 amide bonds. The van der Waals surface area contributed by atoms with Gasteiger partial charge in [0.2, 0.25) is 0 Å². The highest BCUT2D eigenvalue weighted by molar-refractivity contribution is 5.42. The molecule has 0 saturated carbocycles. The van der Waals surface area contributed by atoms with Gasteiger partial charge in [-0.2, -0.15) is 5.10 Å². The third-order valence-corrected chi connectivity index (χ3v) is 3.26. The lowest BCUT2D eigenvalue weighted by molar-refractivity contribution is 0.292. The molecule has 1 N–H and O–H groups in total. The van der Waals surface area contributed by atoms with E-state index < -0.39 is 0 Å². The van der Waals surface area contributed by atoms with Crippen LogP contribution in [0.25, 0.3) is 0 Å². The Morgan fingerprint density at radius 1 is 1.35 bits per heavy atom. The van der Waals surface area contributed by atoms with E-state index in [0.717, 1.165) is 22.8 Å². The Hall–Kier alpha value is -2.01. The summed E-state index contributed by atoms with van der Waals surface area (Å²) in [4.78, 5) is 0. The molecule has 2 rings (SSSR count). The second-order valence-corrected chi connectivity index (χ2v) is 4.68. The van der Waals surface area contributed by atoms with E-state index in [1.807, 2.05) is 44.6 Å². The van der Waals surface area contributed by atoms with Crippen LogP contribution in [0.15, 0.2) is 30.5 Å². The first kappa shape index (κ1) is 14.4. The average Bonchev–Trinajstić information content (AvgIpc) is 2.89. The number of benzene rings is 1. The van der Waals surface area contributed by atoms with E-state index in [0.29, 0.717) is 6.61 Å². The standard InChI is InChI=1S/C15H21N3O2/c1-11(16-2)14-6-5-13(19-4)9-15(14)20-10-12-7-8-18(3)17-12/h5-9,11,16H,10H2,1-4H3. The second-order valence-electron chi connectivity index (χ2n) is 4.68. The summed E-state index contributed by atoms with van der Waals surface area (Å²) >= 11 is 0. The van der Waals surface area contributed by atoms with E-state index >= 15 is 0 Å². The molecule has 0 aliphatic carbocycles. The van der Waals surface area contributed by atoms with Crippen molar-refractivity contribution in [3.63, 3.8) is 0 Å². The van der Waals surface area contributed by atoms with Gasteiger partial charge in [0.15, 0.2) is 0 Å². The van der Waals surface area contributed by atoms with Crippen molar-refractivity contribution in [2.45, 2.75) is 19.6 Å². The van der Waals surface area contributed by atoms with Crippen molar-refractivity contribution >= 4 is 0 Å². The summed E-state index contributed by atoms with van der Waals surface area (Å²) in [5.41, 5.74) is 2.00. The summed E-state index contributed by atoms with van der Waals surface area (Å²) < 4.78 is 12.9. The number of nitrogens with zero attached hydrogens (tertiary/aromatic N) is 2. The molecule has 5 heteroatoms. The molecule has 0 spiro atoms. The summed E-state index contributed by atoms with van der Waals surface area (Å²) in [7, 11) is 5.47. The molecule has 1 atom stereocenters. The Labute approximate surface area is 119 Å². The number of rotatable bonds is 6. The summed E-state index contributed by atoms with van der Waals surface area (Å²) in [6.07, 6.45) is 1.90. The zero-order valence-electron chi connectivity index (χ0n) is 12.4. The number of ether oxygens (including phenoxy) is 2. The molecule has 0 radical (unpaired) electrons. The van der Waals surface area contributed by atoms with Gasteiger partial charge in [-0.3, -0.25) is 4.68 Å². The first-order valence-corrected chi connectivity index (χ1v) is 6.60. The SMILES string of the molecule is CNC(C)c1ccc(OC)cc1OCc1ccn(C)n1. The highest BCUT2D eigenvalue weighted by Gasteiger charge is 2.12. The number of hydrogen-bond acceptors (Lipinski definition) is 4. The molecule has 0 aliphatic heterocycles. The van der Waals surface area contributed by atoms with Gasteiger partial charge in [-0.15, -0.1) is 0 Å². The van der Waals surface area contributed by atoms with Crippen LogP contribution in [0.5, 0.6) is 11.5 Å². The van der Waals surface area contributed by atoms with Crippen molar-refractivity contribution in [2.75, 3.05) is 14.2 Å². The van der Waals surface area contributed by atoms with E-state index in [1.54, 1.807) is 11.8 Å². The Morgan fingerprint density at radius 2 is 2.15 bits per heavy atom. The van der Waals surface area contributed by atoms with Gasteiger partial charge in [0.05, 0.1) is 12.8 Å². The Morgan fingerprint density at radius 3 is 2.75 bits per heavy atom. The van der Waals surface area contributed by atoms with Crippen LogP contribution in [0.4, 0.5) is 0 Å². The third kappa shape index (κ3) is 3.30. The van der Waals surface area contributed by atoms with Crippen LogP contribution < -0.4 is 14.8 Å². The summed E-state index contributed by atoms with van der Waals surface area (Å²) in [6, 6.07) is 8.03. The molecule has 0 aliphatic rings. The lowest BCUT2D eigenvalue weighted by Crippen LogP contribution is -2.14. The predicted molar refractivity (Wildman–Crippen MR) is 78.0 cm³/mol. The molecule has 108 valence electrons. The van der Waals surface area contributed by atoms with Crippen LogP contribution in [-0.2, 0) is 13.7 Å². The maximum Gasteiger partial charge on any atom is 0.132 e. The molecular formula is C15H21N3O2. The zero-order valence-corrected chi connectivity index (χ0v) is 12.4. The summed E-state index contributed by atoms with van der Waals surface area (Å²) in [6.45, 7) is 2.53. The number of aromatic nitrogens is 2. The second kappa shape index (κ2) is 6.43. The molecule has 1 unspecified atom stereocenters. The van der Waals surface area contributed by atoms with E-state index in [1.165, 1.54) is 0 Å². The minimum absolute atomic E-state index is 0.208. The molecule has 0 bridgehead atoms. The van der Waals surface area contributed by atoms with Crippen LogP contribution in [0, 0.1) is 0 Å². The molecule has 0 saturated heterocycles. The normalized spacial score (nSPS) is 12.2. The highest BCUT2D eigenvalue weighted by atomic mass is 16.5. The van der Waals surface area contributed by atoms with E-state index in [2.05, 4.69) is 17.3 Å². The van der Waals surface area contributed by atoms with Crippen LogP contribution in [0.1, 0.15) is 24.2 Å². The van der Waals surface area contributed by atoms with Crippen molar-refractivity contribution in [3.8, 4) is 11.5 Å². The monoisotopic (exact) mass is 275 g/mol. The first-order valence-electron chi connectivity index (χ1n) is 6.60. The van der Waals surface area contributed by atoms with Crippen molar-refractivity contribution in [2.24, 2.45) is 7.05 Å². The minimum atomic E-state index is 0.208. The van der Waals surface area contributed by atoms with E-state index in [9.17, 15) is 0 Å². The smallest absolute Gasteiger partial charge is 0.132 e. The van der Waals surface area contributed by atoms with Crippen LogP contribution >= 0.6 is 0 Å². The molecule has 20 heavy (non-hydrogen) atoms. The molecule has 1 aromatic heterocycles. The van der Waals surface area contributed by atoms with Gasteiger partial charge in [0.25, 0.3) is 0 Å². The molecule has 1 heterocycles. The maximum absolute atomic E-state index is 5.91. The highest BCUT2D eigenvalue weighted by Crippen LogP contribution is 2.29. The molecule has 5 nitrogen and oxygen atoms in total. The molecule has 2 aromatic rings. The van der Waals surface area contributed by atoms with Crippen molar-refractivity contribution in [1.82, 2.24) is 15.1 Å². The van der Waals surface area contributed by atoms with Crippen LogP contribution in [0.2, 0.25) is 0 Å². The Balaban J connectivity index is 2.18. The lowest BCUT2D eigenvalue weighted by atomic mass is 10.1. The van der Waals surface area contributed by atoms with Crippen molar-refractivity contribution in [1.29, 1.82) is 0 Å². The van der Waals surface area contributed by atoms with Gasteiger partial charge in [-0.25, -0.2) is 0 Å². The summed E-state index contributed by atoms with van der Waals surface area (Å²) in [5, 5.41) is 7.53. The fraction of sp³-hybridized carbons (Fsp3) is 0.400. The Kier molecular flexibility index (Phi) is 4.63. The quantitative estimate of drug-likeness (QED) is 0.878. The van der Waals surface area contributed by atoms with Gasteiger partial charge in [-0.05, 0) is 26.1 Å². The third-order valence-electron chi connectivity index (χ3n) is 3.26. The number of nitrogens with one attached hydrogen (secondary N) is 1. The largest absolute Gasteiger partial charge is 0.497 e. The number of methoxy groups -OCH3 is 1. The van der Waals surface area contributed by atoms with Crippen molar-refractivity contribution in [3.05, 3.63) is 41.7 Å². The predicted octanol–water partition coefficient (Wildman–Crippen LogP) is 2.29. The van der Waals surface area contributed by atoms with Gasteiger partial charge in [0.1, 0.15) is 18.1 Å². The average molecular weight is 275 g/mol. The first-order chi connectivity index (χ1) is 9.63. The molecule has 1 aromatic carbocycles. The fourth-order valence-corrected chi connectivity index (χ4v) is 1.97. The number of hydrogen-bond donors (Lipinski definition) is 1. The Bertz CT molecular complexity index is 566. The van der Waals surface area contributed by atoms with Gasteiger partial charge < -0.3 is 14.8 Å². The maximum atomic E-state index is 5.91. The number of aryl methyl sites for hydroxylation is 1. The molecule has 0 fully saturated rings. The van der Waals surface area contributed by atoms with Crippen molar-refractivity contribution < 1.29 is 9.47 Å². The van der Waals surface area contributed by atoms with E-state index in [-0.39, 0.29) is 6.04 Å². The topological polar surface area (TPSA) is 48.3 Å². The fourth-order valence-electron chi connectivity index (χ4n) is 1.97.